The van der Waals surface area contributed by atoms with E-state index in [-0.39, 0.29) is 37.8 Å². The molecule has 176 valence electrons. The zero-order valence-corrected chi connectivity index (χ0v) is 20.4. The number of fused-ring (bicyclic) bond motifs is 1. The van der Waals surface area contributed by atoms with Crippen LogP contribution >= 0.6 is 11.6 Å². The molecule has 0 saturated heterocycles. The standard InChI is InChI=1S/C24H21ClFN3O4S/c1-13-9-14(24(2,3)4)5-8-19(13)34(32,33)28-18-7-6-17(25)20-21(18)23(31)29(22(20)30)16-10-15(26)11-27-12-16/h5-12,28H,1-4H3. The van der Waals surface area contributed by atoms with E-state index in [0.717, 1.165) is 24.0 Å². The van der Waals surface area contributed by atoms with Gasteiger partial charge in [0.2, 0.25) is 0 Å². The Hall–Kier alpha value is -3.30. The van der Waals surface area contributed by atoms with Gasteiger partial charge in [0.25, 0.3) is 21.8 Å². The number of imide groups is 1. The summed E-state index contributed by atoms with van der Waals surface area (Å²) in [6, 6.07) is 8.66. The van der Waals surface area contributed by atoms with Crippen LogP contribution in [0.1, 0.15) is 52.6 Å². The SMILES string of the molecule is Cc1cc(C(C)(C)C)ccc1S(=O)(=O)Nc1ccc(Cl)c2c1C(=O)N(c1cncc(F)c1)C2=O. The first-order chi connectivity index (χ1) is 15.8. The predicted octanol–water partition coefficient (Wildman–Crippen LogP) is 5.08. The number of nitrogens with one attached hydrogen (secondary N) is 1. The van der Waals surface area contributed by atoms with Gasteiger partial charge in [0.05, 0.1) is 44.8 Å². The van der Waals surface area contributed by atoms with Crippen molar-refractivity contribution in [3.8, 4) is 0 Å². The zero-order valence-electron chi connectivity index (χ0n) is 18.8. The number of rotatable bonds is 4. The van der Waals surface area contributed by atoms with Gasteiger partial charge in [-0.25, -0.2) is 17.7 Å². The lowest BCUT2D eigenvalue weighted by Crippen LogP contribution is -2.29. The number of amides is 2. The maximum Gasteiger partial charge on any atom is 0.268 e. The number of hydrogen-bond acceptors (Lipinski definition) is 5. The minimum Gasteiger partial charge on any atom is -0.279 e. The average Bonchev–Trinajstić information content (AvgIpc) is 3.00. The maximum absolute atomic E-state index is 13.7. The number of hydrogen-bond donors (Lipinski definition) is 1. The number of aryl methyl sites for hydroxylation is 1. The third-order valence-electron chi connectivity index (χ3n) is 5.51. The highest BCUT2D eigenvalue weighted by atomic mass is 35.5. The number of halogens is 2. The van der Waals surface area contributed by atoms with Crippen LogP contribution in [0.3, 0.4) is 0 Å². The van der Waals surface area contributed by atoms with Gasteiger partial charge in [0.1, 0.15) is 5.82 Å². The molecule has 0 atom stereocenters. The van der Waals surface area contributed by atoms with Crippen LogP contribution in [0.4, 0.5) is 15.8 Å². The van der Waals surface area contributed by atoms with Crippen molar-refractivity contribution >= 4 is 44.8 Å². The molecular weight excluding hydrogens is 481 g/mol. The van der Waals surface area contributed by atoms with Gasteiger partial charge in [0, 0.05) is 6.07 Å². The summed E-state index contributed by atoms with van der Waals surface area (Å²) in [6.07, 6.45) is 2.09. The van der Waals surface area contributed by atoms with E-state index in [2.05, 4.69) is 9.71 Å². The molecule has 1 aliphatic heterocycles. The fourth-order valence-corrected chi connectivity index (χ4v) is 5.32. The fourth-order valence-electron chi connectivity index (χ4n) is 3.78. The van der Waals surface area contributed by atoms with Gasteiger partial charge >= 0.3 is 0 Å². The molecule has 1 aromatic heterocycles. The molecule has 3 aromatic rings. The Morgan fingerprint density at radius 1 is 1.00 bits per heavy atom. The van der Waals surface area contributed by atoms with Gasteiger partial charge in [-0.15, -0.1) is 0 Å². The summed E-state index contributed by atoms with van der Waals surface area (Å²) in [7, 11) is -4.12. The Balaban J connectivity index is 1.77. The van der Waals surface area contributed by atoms with Crippen LogP contribution in [0.15, 0.2) is 53.7 Å². The summed E-state index contributed by atoms with van der Waals surface area (Å²) in [5.41, 5.74) is 0.745. The molecule has 1 aliphatic rings. The van der Waals surface area contributed by atoms with Crippen molar-refractivity contribution in [1.29, 1.82) is 0 Å². The van der Waals surface area contributed by atoms with Crippen molar-refractivity contribution in [1.82, 2.24) is 4.98 Å². The van der Waals surface area contributed by atoms with Crippen molar-refractivity contribution in [3.63, 3.8) is 0 Å². The summed E-state index contributed by atoms with van der Waals surface area (Å²) in [5.74, 6) is -2.38. The molecule has 0 fully saturated rings. The summed E-state index contributed by atoms with van der Waals surface area (Å²) >= 11 is 6.19. The minimum atomic E-state index is -4.12. The topological polar surface area (TPSA) is 96.4 Å². The van der Waals surface area contributed by atoms with E-state index in [0.29, 0.717) is 10.5 Å². The van der Waals surface area contributed by atoms with Gasteiger partial charge in [-0.1, -0.05) is 44.5 Å². The van der Waals surface area contributed by atoms with Gasteiger partial charge in [-0.3, -0.25) is 19.3 Å². The Labute approximate surface area is 201 Å². The van der Waals surface area contributed by atoms with Crippen molar-refractivity contribution in [3.05, 3.63) is 81.9 Å². The van der Waals surface area contributed by atoms with E-state index in [1.54, 1.807) is 19.1 Å². The number of benzene rings is 2. The molecule has 7 nitrogen and oxygen atoms in total. The largest absolute Gasteiger partial charge is 0.279 e. The normalized spacial score (nSPS) is 13.9. The Morgan fingerprint density at radius 3 is 2.29 bits per heavy atom. The van der Waals surface area contributed by atoms with E-state index < -0.39 is 27.7 Å². The Bertz CT molecular complexity index is 1470. The molecule has 0 aliphatic carbocycles. The summed E-state index contributed by atoms with van der Waals surface area (Å²) < 4.78 is 42.6. The zero-order chi connectivity index (χ0) is 25.0. The van der Waals surface area contributed by atoms with Crippen LogP contribution in [0.2, 0.25) is 5.02 Å². The molecule has 0 bridgehead atoms. The van der Waals surface area contributed by atoms with Crippen molar-refractivity contribution < 1.29 is 22.4 Å². The van der Waals surface area contributed by atoms with Crippen LogP contribution < -0.4 is 9.62 Å². The maximum atomic E-state index is 13.7. The Kier molecular flexibility index (Phi) is 5.73. The van der Waals surface area contributed by atoms with E-state index in [1.807, 2.05) is 20.8 Å². The first kappa shape index (κ1) is 23.8. The first-order valence-corrected chi connectivity index (χ1v) is 12.1. The van der Waals surface area contributed by atoms with Crippen LogP contribution in [-0.2, 0) is 15.4 Å². The molecule has 2 amide bonds. The molecule has 0 radical (unpaired) electrons. The number of anilines is 2. The van der Waals surface area contributed by atoms with Crippen LogP contribution in [0.5, 0.6) is 0 Å². The monoisotopic (exact) mass is 501 g/mol. The van der Waals surface area contributed by atoms with E-state index >= 15 is 0 Å². The quantitative estimate of drug-likeness (QED) is 0.503. The second-order valence-electron chi connectivity index (χ2n) is 8.99. The third kappa shape index (κ3) is 4.05. The predicted molar refractivity (Wildman–Crippen MR) is 127 cm³/mol. The second-order valence-corrected chi connectivity index (χ2v) is 11.0. The van der Waals surface area contributed by atoms with Gasteiger partial charge in [0.15, 0.2) is 0 Å². The fraction of sp³-hybridized carbons (Fsp3) is 0.208. The van der Waals surface area contributed by atoms with Gasteiger partial charge < -0.3 is 0 Å². The number of aromatic nitrogens is 1. The molecule has 0 unspecified atom stereocenters. The highest BCUT2D eigenvalue weighted by molar-refractivity contribution is 7.92. The molecule has 1 N–H and O–H groups in total. The minimum absolute atomic E-state index is 0.0335. The highest BCUT2D eigenvalue weighted by Gasteiger charge is 2.41. The first-order valence-electron chi connectivity index (χ1n) is 10.3. The number of pyridine rings is 1. The number of carbonyl (C=O) groups is 2. The van der Waals surface area contributed by atoms with Crippen molar-refractivity contribution in [2.45, 2.75) is 38.0 Å². The number of nitrogens with zero attached hydrogens (tertiary/aromatic N) is 2. The van der Waals surface area contributed by atoms with E-state index in [9.17, 15) is 22.4 Å². The lowest BCUT2D eigenvalue weighted by molar-refractivity contribution is 0.0926. The summed E-state index contributed by atoms with van der Waals surface area (Å²) in [6.45, 7) is 7.75. The summed E-state index contributed by atoms with van der Waals surface area (Å²) in [4.78, 5) is 30.6. The number of carbonyl (C=O) groups excluding carboxylic acids is 2. The van der Waals surface area contributed by atoms with Crippen molar-refractivity contribution in [2.24, 2.45) is 0 Å². The molecule has 10 heteroatoms. The molecule has 34 heavy (non-hydrogen) atoms. The van der Waals surface area contributed by atoms with Crippen LogP contribution in [0.25, 0.3) is 0 Å². The molecule has 0 spiro atoms. The van der Waals surface area contributed by atoms with Gasteiger partial charge in [-0.05, 0) is 41.7 Å². The second kappa shape index (κ2) is 8.18. The molecular formula is C24H21ClFN3O4S. The Morgan fingerprint density at radius 2 is 1.68 bits per heavy atom. The van der Waals surface area contributed by atoms with Crippen molar-refractivity contribution in [2.75, 3.05) is 9.62 Å². The molecule has 2 heterocycles. The lowest BCUT2D eigenvalue weighted by Gasteiger charge is -2.21. The van der Waals surface area contributed by atoms with Gasteiger partial charge in [-0.2, -0.15) is 0 Å². The summed E-state index contributed by atoms with van der Waals surface area (Å²) in [5, 5.41) is -0.0335. The van der Waals surface area contributed by atoms with E-state index in [1.165, 1.54) is 18.2 Å². The lowest BCUT2D eigenvalue weighted by atomic mass is 9.86. The van der Waals surface area contributed by atoms with Crippen LogP contribution in [0, 0.1) is 12.7 Å². The number of sulfonamides is 1. The highest BCUT2D eigenvalue weighted by Crippen LogP contribution is 2.38. The van der Waals surface area contributed by atoms with E-state index in [4.69, 9.17) is 11.6 Å². The average molecular weight is 502 g/mol. The smallest absolute Gasteiger partial charge is 0.268 e. The third-order valence-corrected chi connectivity index (χ3v) is 7.35. The molecule has 4 rings (SSSR count). The molecule has 0 saturated carbocycles. The van der Waals surface area contributed by atoms with Crippen LogP contribution in [-0.4, -0.2) is 25.2 Å². The molecule has 2 aromatic carbocycles.